The topological polar surface area (TPSA) is 106 Å². The Morgan fingerprint density at radius 1 is 1.11 bits per heavy atom. The fraction of sp³-hybridized carbons (Fsp3) is 0.370. The predicted octanol–water partition coefficient (Wildman–Crippen LogP) is 3.40. The summed E-state index contributed by atoms with van der Waals surface area (Å²) in [7, 11) is 1.75. The molecule has 4 rings (SSSR count). The molecule has 0 saturated carbocycles. The molecule has 2 aromatic carbocycles. The first kappa shape index (κ1) is 25.2. The quantitative estimate of drug-likeness (QED) is 0.496. The molecule has 0 radical (unpaired) electrons. The van der Waals surface area contributed by atoms with Crippen LogP contribution in [0.2, 0.25) is 0 Å². The number of nitrogens with zero attached hydrogens (tertiary/aromatic N) is 3. The van der Waals surface area contributed by atoms with Crippen LogP contribution >= 0.6 is 0 Å². The molecule has 3 aromatic rings. The summed E-state index contributed by atoms with van der Waals surface area (Å²) in [5.74, 6) is -0.776. The number of carboxylic acids is 1. The number of aromatic nitrogens is 2. The van der Waals surface area contributed by atoms with Crippen molar-refractivity contribution >= 4 is 17.6 Å². The Labute approximate surface area is 210 Å². The highest BCUT2D eigenvalue weighted by atomic mass is 16.5. The van der Waals surface area contributed by atoms with E-state index in [0.717, 1.165) is 54.4 Å². The Kier molecular flexibility index (Phi) is 7.30. The average molecular weight is 493 g/mol. The van der Waals surface area contributed by atoms with Crippen LogP contribution in [0.5, 0.6) is 5.75 Å². The average Bonchev–Trinajstić information content (AvgIpc) is 3.26. The van der Waals surface area contributed by atoms with Crippen LogP contribution in [0.25, 0.3) is 11.3 Å². The third-order valence-electron chi connectivity index (χ3n) is 6.22. The first-order valence-electron chi connectivity index (χ1n) is 11.9. The molecule has 2 N–H and O–H groups in total. The van der Waals surface area contributed by atoms with E-state index in [4.69, 9.17) is 9.47 Å². The smallest absolute Gasteiger partial charge is 0.347 e. The van der Waals surface area contributed by atoms with Gasteiger partial charge in [-0.05, 0) is 56.2 Å². The third-order valence-corrected chi connectivity index (χ3v) is 6.22. The molecule has 1 fully saturated rings. The molecular weight excluding hydrogens is 460 g/mol. The Bertz CT molecular complexity index is 1240. The molecule has 9 heteroatoms. The summed E-state index contributed by atoms with van der Waals surface area (Å²) in [5, 5.41) is 16.7. The number of nitrogens with one attached hydrogen (secondary N) is 1. The van der Waals surface area contributed by atoms with Crippen LogP contribution in [0.15, 0.2) is 48.5 Å². The maximum atomic E-state index is 12.9. The summed E-state index contributed by atoms with van der Waals surface area (Å²) in [6, 6.07) is 15.4. The van der Waals surface area contributed by atoms with Crippen molar-refractivity contribution in [3.63, 3.8) is 0 Å². The van der Waals surface area contributed by atoms with Gasteiger partial charge in [-0.1, -0.05) is 24.3 Å². The summed E-state index contributed by atoms with van der Waals surface area (Å²) in [4.78, 5) is 26.5. The zero-order valence-corrected chi connectivity index (χ0v) is 21.1. The van der Waals surface area contributed by atoms with Crippen molar-refractivity contribution in [3.8, 4) is 17.0 Å². The second-order valence-electron chi connectivity index (χ2n) is 9.38. The van der Waals surface area contributed by atoms with Crippen molar-refractivity contribution in [2.24, 2.45) is 7.05 Å². The lowest BCUT2D eigenvalue weighted by molar-refractivity contribution is -0.152. The second-order valence-corrected chi connectivity index (χ2v) is 9.38. The number of ether oxygens (including phenoxy) is 2. The Morgan fingerprint density at radius 3 is 2.44 bits per heavy atom. The SMILES string of the molecule is Cc1cc(CNC(=O)c2cc(-c3ccc(N4CCOCC4)cc3)nn2C)ccc1OC(C)(C)C(=O)O. The highest BCUT2D eigenvalue weighted by Crippen LogP contribution is 2.25. The van der Waals surface area contributed by atoms with Crippen LogP contribution < -0.4 is 15.0 Å². The number of hydrogen-bond acceptors (Lipinski definition) is 6. The predicted molar refractivity (Wildman–Crippen MR) is 136 cm³/mol. The van der Waals surface area contributed by atoms with Gasteiger partial charge in [0.05, 0.1) is 18.9 Å². The van der Waals surface area contributed by atoms with Crippen LogP contribution in [-0.4, -0.2) is 58.7 Å². The monoisotopic (exact) mass is 492 g/mol. The fourth-order valence-electron chi connectivity index (χ4n) is 4.01. The van der Waals surface area contributed by atoms with Gasteiger partial charge >= 0.3 is 5.97 Å². The van der Waals surface area contributed by atoms with Gasteiger partial charge in [0, 0.05) is 37.9 Å². The number of benzene rings is 2. The van der Waals surface area contributed by atoms with E-state index >= 15 is 0 Å². The molecule has 0 atom stereocenters. The van der Waals surface area contributed by atoms with Crippen molar-refractivity contribution < 1.29 is 24.2 Å². The number of hydrogen-bond donors (Lipinski definition) is 2. The van der Waals surface area contributed by atoms with Gasteiger partial charge < -0.3 is 24.8 Å². The number of carbonyl (C=O) groups is 2. The lowest BCUT2D eigenvalue weighted by Gasteiger charge is -2.28. The number of aliphatic carboxylic acids is 1. The van der Waals surface area contributed by atoms with Crippen LogP contribution in [-0.2, 0) is 23.1 Å². The van der Waals surface area contributed by atoms with Gasteiger partial charge in [0.15, 0.2) is 5.60 Å². The van der Waals surface area contributed by atoms with Crippen molar-refractivity contribution in [2.45, 2.75) is 32.9 Å². The van der Waals surface area contributed by atoms with E-state index in [1.165, 1.54) is 13.8 Å². The number of amides is 1. The third kappa shape index (κ3) is 5.68. The molecule has 0 aliphatic carbocycles. The number of anilines is 1. The van der Waals surface area contributed by atoms with Crippen LogP contribution in [0.3, 0.4) is 0 Å². The maximum Gasteiger partial charge on any atom is 0.347 e. The highest BCUT2D eigenvalue weighted by Gasteiger charge is 2.29. The van der Waals surface area contributed by atoms with Crippen molar-refractivity contribution in [3.05, 3.63) is 65.4 Å². The Morgan fingerprint density at radius 2 is 1.81 bits per heavy atom. The molecule has 0 unspecified atom stereocenters. The van der Waals surface area contributed by atoms with E-state index in [1.807, 2.05) is 31.2 Å². The van der Waals surface area contributed by atoms with Crippen molar-refractivity contribution in [1.82, 2.24) is 15.1 Å². The van der Waals surface area contributed by atoms with E-state index < -0.39 is 11.6 Å². The van der Waals surface area contributed by atoms with Gasteiger partial charge in [-0.3, -0.25) is 9.48 Å². The highest BCUT2D eigenvalue weighted by molar-refractivity contribution is 5.93. The summed E-state index contributed by atoms with van der Waals surface area (Å²) >= 11 is 0. The van der Waals surface area contributed by atoms with E-state index in [0.29, 0.717) is 18.0 Å². The van der Waals surface area contributed by atoms with Crippen LogP contribution in [0, 0.1) is 6.92 Å². The molecule has 36 heavy (non-hydrogen) atoms. The Balaban J connectivity index is 1.39. The standard InChI is InChI=1S/C27H32N4O5/c1-18-15-19(5-10-24(18)36-27(2,3)26(33)34)17-28-25(32)23-16-22(29-30(23)4)20-6-8-21(9-7-20)31-11-13-35-14-12-31/h5-10,15-16H,11-14,17H2,1-4H3,(H,28,32)(H,33,34). The number of carbonyl (C=O) groups excluding carboxylic acids is 1. The first-order chi connectivity index (χ1) is 17.1. The molecule has 1 saturated heterocycles. The maximum absolute atomic E-state index is 12.9. The first-order valence-corrected chi connectivity index (χ1v) is 11.9. The minimum Gasteiger partial charge on any atom is -0.478 e. The zero-order chi connectivity index (χ0) is 25.9. The lowest BCUT2D eigenvalue weighted by atomic mass is 10.1. The van der Waals surface area contributed by atoms with Crippen molar-refractivity contribution in [2.75, 3.05) is 31.2 Å². The minimum atomic E-state index is -1.33. The van der Waals surface area contributed by atoms with Crippen LogP contribution in [0.4, 0.5) is 5.69 Å². The molecule has 0 bridgehead atoms. The number of morpholine rings is 1. The van der Waals surface area contributed by atoms with E-state index in [-0.39, 0.29) is 5.91 Å². The van der Waals surface area contributed by atoms with Gasteiger partial charge in [-0.15, -0.1) is 0 Å². The molecule has 1 amide bonds. The van der Waals surface area contributed by atoms with Gasteiger partial charge in [0.2, 0.25) is 0 Å². The van der Waals surface area contributed by atoms with E-state index in [1.54, 1.807) is 23.9 Å². The van der Waals surface area contributed by atoms with E-state index in [2.05, 4.69) is 27.4 Å². The molecule has 1 aliphatic rings. The van der Waals surface area contributed by atoms with Gasteiger partial charge in [0.1, 0.15) is 11.4 Å². The molecule has 2 heterocycles. The second kappa shape index (κ2) is 10.4. The van der Waals surface area contributed by atoms with Crippen LogP contribution in [0.1, 0.15) is 35.5 Å². The summed E-state index contributed by atoms with van der Waals surface area (Å²) in [5.41, 5.74) is 3.62. The fourth-order valence-corrected chi connectivity index (χ4v) is 4.01. The molecular formula is C27H32N4O5. The van der Waals surface area contributed by atoms with Gasteiger partial charge in [0.25, 0.3) is 5.91 Å². The van der Waals surface area contributed by atoms with Gasteiger partial charge in [-0.25, -0.2) is 4.79 Å². The minimum absolute atomic E-state index is 0.230. The molecule has 0 spiro atoms. The largest absolute Gasteiger partial charge is 0.478 e. The van der Waals surface area contributed by atoms with E-state index in [9.17, 15) is 14.7 Å². The summed E-state index contributed by atoms with van der Waals surface area (Å²) in [6.45, 7) is 8.40. The van der Waals surface area contributed by atoms with Crippen molar-refractivity contribution in [1.29, 1.82) is 0 Å². The molecule has 190 valence electrons. The summed E-state index contributed by atoms with van der Waals surface area (Å²) < 4.78 is 12.6. The number of carboxylic acid groups (broad SMARTS) is 1. The zero-order valence-electron chi connectivity index (χ0n) is 21.1. The molecule has 9 nitrogen and oxygen atoms in total. The Hall–Kier alpha value is -3.85. The number of aryl methyl sites for hydroxylation is 2. The summed E-state index contributed by atoms with van der Waals surface area (Å²) in [6.07, 6.45) is 0. The number of rotatable bonds is 8. The normalized spacial score (nSPS) is 13.9. The molecule has 1 aliphatic heterocycles. The lowest BCUT2D eigenvalue weighted by Crippen LogP contribution is -2.38. The van der Waals surface area contributed by atoms with Gasteiger partial charge in [-0.2, -0.15) is 5.10 Å². The molecule has 1 aromatic heterocycles.